The van der Waals surface area contributed by atoms with Gasteiger partial charge < -0.3 is 39.6 Å². The van der Waals surface area contributed by atoms with Crippen molar-refractivity contribution in [2.75, 3.05) is 0 Å². The van der Waals surface area contributed by atoms with Crippen molar-refractivity contribution in [2.45, 2.75) is 30.7 Å². The molecular weight excluding hydrogens is 356 g/mol. The van der Waals surface area contributed by atoms with E-state index in [4.69, 9.17) is 24.0 Å². The molecule has 5 atom stereocenters. The third kappa shape index (κ3) is 3.21. The van der Waals surface area contributed by atoms with Gasteiger partial charge in [0.05, 0.1) is 0 Å². The number of fused-ring (bicyclic) bond motifs is 1. The monoisotopic (exact) mass is 370 g/mol. The van der Waals surface area contributed by atoms with Crippen LogP contribution in [0.3, 0.4) is 0 Å². The van der Waals surface area contributed by atoms with Gasteiger partial charge in [-0.2, -0.15) is 4.89 Å². The van der Waals surface area contributed by atoms with Gasteiger partial charge in [-0.1, -0.05) is 0 Å². The molecule has 11 heteroatoms. The molecule has 1 aromatic carbocycles. The predicted molar refractivity (Wildman–Crippen MR) is 80.2 cm³/mol. The number of phenols is 1. The van der Waals surface area contributed by atoms with Gasteiger partial charge in [0.25, 0.3) is 0 Å². The number of carboxylic acid groups (broad SMARTS) is 1. The van der Waals surface area contributed by atoms with Crippen LogP contribution in [0, 0.1) is 0 Å². The van der Waals surface area contributed by atoms with Crippen molar-refractivity contribution in [3.63, 3.8) is 0 Å². The van der Waals surface area contributed by atoms with Crippen LogP contribution in [0.2, 0.25) is 0 Å². The molecule has 2 heterocycles. The zero-order chi connectivity index (χ0) is 19.0. The van der Waals surface area contributed by atoms with E-state index in [1.807, 2.05) is 0 Å². The van der Waals surface area contributed by atoms with Crippen LogP contribution in [0.1, 0.15) is 0 Å². The first-order valence-corrected chi connectivity index (χ1v) is 7.31. The van der Waals surface area contributed by atoms with Gasteiger partial charge in [-0.25, -0.2) is 9.59 Å². The van der Waals surface area contributed by atoms with Crippen molar-refractivity contribution in [2.24, 2.45) is 0 Å². The van der Waals surface area contributed by atoms with Crippen LogP contribution in [0.25, 0.3) is 11.0 Å². The number of carbonyl (C=O) groups is 1. The van der Waals surface area contributed by atoms with Crippen LogP contribution in [-0.4, -0.2) is 62.2 Å². The van der Waals surface area contributed by atoms with Crippen molar-refractivity contribution < 1.29 is 49.3 Å². The van der Waals surface area contributed by atoms with E-state index in [9.17, 15) is 30.0 Å². The number of ether oxygens (including phenoxy) is 1. The summed E-state index contributed by atoms with van der Waals surface area (Å²) in [6, 6.07) is 5.26. The molecule has 0 saturated carbocycles. The number of rotatable bonds is 4. The Morgan fingerprint density at radius 1 is 1.04 bits per heavy atom. The number of carboxylic acids is 1. The highest BCUT2D eigenvalue weighted by atomic mass is 17.2. The molecule has 2 aromatic rings. The van der Waals surface area contributed by atoms with Gasteiger partial charge >= 0.3 is 11.6 Å². The maximum Gasteiger partial charge on any atom is 0.336 e. The Kier molecular flexibility index (Phi) is 4.80. The lowest BCUT2D eigenvalue weighted by molar-refractivity contribution is -0.381. The number of aliphatic hydroxyl groups is 3. The van der Waals surface area contributed by atoms with E-state index in [1.54, 1.807) is 0 Å². The summed E-state index contributed by atoms with van der Waals surface area (Å²) in [4.78, 5) is 31.8. The van der Waals surface area contributed by atoms with Gasteiger partial charge in [0, 0.05) is 11.5 Å². The van der Waals surface area contributed by atoms with Crippen LogP contribution in [0.4, 0.5) is 0 Å². The van der Waals surface area contributed by atoms with E-state index in [0.29, 0.717) is 5.39 Å². The molecule has 0 amide bonds. The lowest BCUT2D eigenvalue weighted by Gasteiger charge is -2.37. The zero-order valence-corrected chi connectivity index (χ0v) is 12.9. The number of aliphatic hydroxyl groups excluding tert-OH is 3. The summed E-state index contributed by atoms with van der Waals surface area (Å²) in [6.45, 7) is 0. The summed E-state index contributed by atoms with van der Waals surface area (Å²) >= 11 is 0. The highest BCUT2D eigenvalue weighted by molar-refractivity contribution is 5.84. The number of hydrogen-bond acceptors (Lipinski definition) is 10. The standard InChI is InChI=1S/C15H14O11/c16-7-4-2-5-1-3-6(8(17)12(5)23-7)25-26-15-11(20)9(18)10(19)13(24-15)14(21)22/h1-4,9-11,13,15,17-20H,(H,21,22)/t9-,10-,11+,13-,15-/m0/s1. The molecular formula is C15H14O11. The molecule has 5 N–H and O–H groups in total. The third-order valence-electron chi connectivity index (χ3n) is 3.77. The fourth-order valence-corrected chi connectivity index (χ4v) is 2.40. The first-order chi connectivity index (χ1) is 12.3. The molecule has 3 rings (SSSR count). The Balaban J connectivity index is 1.80. The molecule has 1 aromatic heterocycles. The summed E-state index contributed by atoms with van der Waals surface area (Å²) in [5.41, 5.74) is -0.888. The molecule has 26 heavy (non-hydrogen) atoms. The number of aliphatic carboxylic acids is 1. The summed E-state index contributed by atoms with van der Waals surface area (Å²) in [5.74, 6) is -2.50. The second kappa shape index (κ2) is 6.90. The largest absolute Gasteiger partial charge is 0.502 e. The topological polar surface area (TPSA) is 176 Å². The average molecular weight is 370 g/mol. The Labute approximate surface area is 144 Å². The molecule has 0 spiro atoms. The molecule has 1 aliphatic rings. The Morgan fingerprint density at radius 3 is 2.42 bits per heavy atom. The van der Waals surface area contributed by atoms with E-state index in [0.717, 1.165) is 6.07 Å². The summed E-state index contributed by atoms with van der Waals surface area (Å²) in [6.07, 6.45) is -9.24. The normalized spacial score (nSPS) is 28.8. The van der Waals surface area contributed by atoms with Crippen molar-refractivity contribution in [1.82, 2.24) is 0 Å². The maximum absolute atomic E-state index is 11.3. The third-order valence-corrected chi connectivity index (χ3v) is 3.77. The molecule has 0 radical (unpaired) electrons. The second-order valence-electron chi connectivity index (χ2n) is 5.50. The molecule has 0 bridgehead atoms. The summed E-state index contributed by atoms with van der Waals surface area (Å²) < 4.78 is 9.70. The Morgan fingerprint density at radius 2 is 1.73 bits per heavy atom. The van der Waals surface area contributed by atoms with E-state index in [2.05, 4.69) is 0 Å². The number of aromatic hydroxyl groups is 1. The van der Waals surface area contributed by atoms with Gasteiger partial charge in [-0.15, -0.1) is 0 Å². The Bertz CT molecular complexity index is 876. The average Bonchev–Trinajstić information content (AvgIpc) is 2.60. The minimum atomic E-state index is -1.88. The first-order valence-electron chi connectivity index (χ1n) is 7.31. The quantitative estimate of drug-likeness (QED) is 0.246. The van der Waals surface area contributed by atoms with Gasteiger partial charge in [-0.3, -0.25) is 0 Å². The number of benzene rings is 1. The molecule has 0 unspecified atom stereocenters. The summed E-state index contributed by atoms with van der Waals surface area (Å²) in [5, 5.41) is 48.5. The number of hydrogen-bond donors (Lipinski definition) is 5. The van der Waals surface area contributed by atoms with Crippen molar-refractivity contribution in [3.05, 3.63) is 34.7 Å². The van der Waals surface area contributed by atoms with Crippen LogP contribution in [0.15, 0.2) is 33.5 Å². The van der Waals surface area contributed by atoms with Crippen molar-refractivity contribution in [3.8, 4) is 11.5 Å². The molecule has 140 valence electrons. The molecule has 1 fully saturated rings. The smallest absolute Gasteiger partial charge is 0.336 e. The SMILES string of the molecule is O=C(O)[C@H]1O[C@@H](OOc2ccc3ccc(=O)oc3c2O)[C@H](O)[C@@H](O)[C@@H]1O. The van der Waals surface area contributed by atoms with Gasteiger partial charge in [0.1, 0.15) is 18.3 Å². The van der Waals surface area contributed by atoms with Gasteiger partial charge in [-0.05, 0) is 18.2 Å². The van der Waals surface area contributed by atoms with E-state index in [-0.39, 0.29) is 11.3 Å². The molecule has 11 nitrogen and oxygen atoms in total. The highest BCUT2D eigenvalue weighted by Crippen LogP contribution is 2.34. The van der Waals surface area contributed by atoms with Gasteiger partial charge in [0.2, 0.25) is 17.8 Å². The maximum atomic E-state index is 11.3. The van der Waals surface area contributed by atoms with Crippen LogP contribution in [0.5, 0.6) is 11.5 Å². The fourth-order valence-electron chi connectivity index (χ4n) is 2.40. The lowest BCUT2D eigenvalue weighted by atomic mass is 9.99. The van der Waals surface area contributed by atoms with Crippen LogP contribution >= 0.6 is 0 Å². The zero-order valence-electron chi connectivity index (χ0n) is 12.9. The van der Waals surface area contributed by atoms with Crippen molar-refractivity contribution in [1.29, 1.82) is 0 Å². The first kappa shape index (κ1) is 18.1. The minimum absolute atomic E-state index is 0.178. The van der Waals surface area contributed by atoms with Gasteiger partial charge in [0.15, 0.2) is 11.7 Å². The van der Waals surface area contributed by atoms with E-state index >= 15 is 0 Å². The van der Waals surface area contributed by atoms with Crippen LogP contribution < -0.4 is 10.5 Å². The van der Waals surface area contributed by atoms with Crippen molar-refractivity contribution >= 4 is 16.9 Å². The minimum Gasteiger partial charge on any atom is -0.502 e. The highest BCUT2D eigenvalue weighted by Gasteiger charge is 2.48. The fraction of sp³-hybridized carbons (Fsp3) is 0.333. The lowest BCUT2D eigenvalue weighted by Crippen LogP contribution is -2.60. The summed E-state index contributed by atoms with van der Waals surface area (Å²) in [7, 11) is 0. The number of phenolic OH excluding ortho intramolecular Hbond substituents is 1. The second-order valence-corrected chi connectivity index (χ2v) is 5.50. The molecule has 1 aliphatic heterocycles. The molecule has 1 saturated heterocycles. The van der Waals surface area contributed by atoms with E-state index < -0.39 is 48.1 Å². The van der Waals surface area contributed by atoms with E-state index in [1.165, 1.54) is 18.2 Å². The predicted octanol–water partition coefficient (Wildman–Crippen LogP) is -1.30. The molecule has 0 aliphatic carbocycles. The van der Waals surface area contributed by atoms with Crippen LogP contribution in [-0.2, 0) is 14.4 Å². The Hall–Kier alpha value is -2.70.